The molecule has 0 bridgehead atoms. The van der Waals surface area contributed by atoms with E-state index in [0.717, 1.165) is 25.5 Å². The smallest absolute Gasteiger partial charge is 0.485 e. The van der Waals surface area contributed by atoms with Gasteiger partial charge in [0.1, 0.15) is 0 Å². The largest absolute Gasteiger partial charge is 0.741 e. The van der Waals surface area contributed by atoms with E-state index in [0.29, 0.717) is 0 Å². The number of benzene rings is 1. The Balaban J connectivity index is -0.000000330. The first-order valence-corrected chi connectivity index (χ1v) is 7.42. The van der Waals surface area contributed by atoms with Crippen molar-refractivity contribution in [2.45, 2.75) is 5.51 Å². The molecule has 1 aromatic heterocycles. The first-order chi connectivity index (χ1) is 11.2. The van der Waals surface area contributed by atoms with Crippen molar-refractivity contribution in [3.63, 3.8) is 0 Å². The van der Waals surface area contributed by atoms with Crippen LogP contribution in [0.25, 0.3) is 11.3 Å². The zero-order valence-corrected chi connectivity index (χ0v) is 16.3. The molecule has 0 aliphatic carbocycles. The van der Waals surface area contributed by atoms with Gasteiger partial charge in [-0.3, -0.25) is 0 Å². The molecule has 1 radical (unpaired) electrons. The van der Waals surface area contributed by atoms with Gasteiger partial charge < -0.3 is 19.7 Å². The molecular formula is C14H16F3IrNO5S-2. The van der Waals surface area contributed by atoms with Crippen LogP contribution in [-0.2, 0) is 30.2 Å². The van der Waals surface area contributed by atoms with Crippen molar-refractivity contribution in [1.82, 2.24) is 4.98 Å². The number of halogens is 3. The number of aliphatic hydroxyl groups excluding tert-OH is 2. The number of hydrogen-bond acceptors (Lipinski definition) is 6. The van der Waals surface area contributed by atoms with Crippen LogP contribution in [-0.4, -0.2) is 47.9 Å². The van der Waals surface area contributed by atoms with Crippen LogP contribution in [0, 0.1) is 6.07 Å². The summed E-state index contributed by atoms with van der Waals surface area (Å²) in [5, 5.41) is 14.0. The Bertz CT molecular complexity index is 603. The van der Waals surface area contributed by atoms with Gasteiger partial charge >= 0.3 is 5.51 Å². The van der Waals surface area contributed by atoms with Crippen LogP contribution in [0.5, 0.6) is 0 Å². The molecule has 1 aromatic carbocycles. The van der Waals surface area contributed by atoms with E-state index in [9.17, 15) is 13.2 Å². The van der Waals surface area contributed by atoms with Gasteiger partial charge in [0.15, 0.2) is 10.1 Å². The SMILES string of the molecule is CO.CO.O=S(=O)([O-])C(F)(F)F.[Ir].[c-]1ccccc1-c1ccccn1. The Morgan fingerprint density at radius 3 is 1.84 bits per heavy atom. The van der Waals surface area contributed by atoms with E-state index in [1.54, 1.807) is 6.20 Å². The van der Waals surface area contributed by atoms with Crippen LogP contribution in [0.4, 0.5) is 13.2 Å². The predicted molar refractivity (Wildman–Crippen MR) is 80.5 cm³/mol. The molecule has 2 rings (SSSR count). The third-order valence-electron chi connectivity index (χ3n) is 1.93. The molecule has 11 heteroatoms. The van der Waals surface area contributed by atoms with Gasteiger partial charge in [-0.05, 0) is 11.8 Å². The summed E-state index contributed by atoms with van der Waals surface area (Å²) in [5.74, 6) is 0. The Morgan fingerprint density at radius 1 is 1.04 bits per heavy atom. The van der Waals surface area contributed by atoms with E-state index in [1.807, 2.05) is 42.5 Å². The van der Waals surface area contributed by atoms with Crippen LogP contribution in [0.15, 0.2) is 48.7 Å². The standard InChI is InChI=1S/C11H8N.CHF3O3S.2CH4O.Ir/c1-2-6-10(7-3-1)11-8-4-5-9-12-11;2-1(3,4)8(5,6)7;2*1-2;/h1-6,8-9H;(H,5,6,7);2*2H,1H3;/q-1;;;;/p-1. The van der Waals surface area contributed by atoms with E-state index >= 15 is 0 Å². The average Bonchev–Trinajstić information content (AvgIpc) is 2.59. The quantitative estimate of drug-likeness (QED) is 0.314. The van der Waals surface area contributed by atoms with Gasteiger partial charge in [-0.15, -0.1) is 35.9 Å². The van der Waals surface area contributed by atoms with Gasteiger partial charge in [-0.1, -0.05) is 12.1 Å². The summed E-state index contributed by atoms with van der Waals surface area (Å²) >= 11 is 0. The Hall–Kier alpha value is -1.36. The molecule has 0 atom stereocenters. The van der Waals surface area contributed by atoms with Gasteiger partial charge in [-0.25, -0.2) is 8.42 Å². The monoisotopic (exact) mass is 560 g/mol. The fraction of sp³-hybridized carbons (Fsp3) is 0.214. The maximum atomic E-state index is 10.7. The Labute approximate surface area is 157 Å². The Kier molecular flexibility index (Phi) is 17.0. The van der Waals surface area contributed by atoms with Crippen molar-refractivity contribution < 1.29 is 56.5 Å². The number of nitrogens with zero attached hydrogens (tertiary/aromatic N) is 1. The van der Waals surface area contributed by atoms with Crippen LogP contribution in [0.2, 0.25) is 0 Å². The van der Waals surface area contributed by atoms with Crippen molar-refractivity contribution in [2.24, 2.45) is 0 Å². The zero-order valence-electron chi connectivity index (χ0n) is 13.1. The fourth-order valence-corrected chi connectivity index (χ4v) is 1.07. The predicted octanol–water partition coefficient (Wildman–Crippen LogP) is 1.81. The molecule has 0 aliphatic rings. The molecule has 2 aromatic rings. The summed E-state index contributed by atoms with van der Waals surface area (Å²) < 4.78 is 58.9. The molecule has 0 saturated heterocycles. The summed E-state index contributed by atoms with van der Waals surface area (Å²) in [7, 11) is -4.09. The minimum Gasteiger partial charge on any atom is -0.741 e. The van der Waals surface area contributed by atoms with Crippen molar-refractivity contribution >= 4 is 10.1 Å². The second-order valence-corrected chi connectivity index (χ2v) is 4.76. The zero-order chi connectivity index (χ0) is 19.2. The fourth-order valence-electron chi connectivity index (χ4n) is 1.07. The number of rotatable bonds is 1. The average molecular weight is 560 g/mol. The number of hydrogen-bond donors (Lipinski definition) is 2. The maximum absolute atomic E-state index is 10.7. The minimum absolute atomic E-state index is 0. The summed E-state index contributed by atoms with van der Waals surface area (Å²) in [6.45, 7) is 0. The number of alkyl halides is 3. The summed E-state index contributed by atoms with van der Waals surface area (Å²) in [6.07, 6.45) is 1.79. The Morgan fingerprint density at radius 2 is 1.52 bits per heavy atom. The molecule has 2 N–H and O–H groups in total. The van der Waals surface area contributed by atoms with E-state index in [2.05, 4.69) is 11.1 Å². The van der Waals surface area contributed by atoms with Gasteiger partial charge in [0.05, 0.1) is 0 Å². The molecule has 0 unspecified atom stereocenters. The molecule has 0 fully saturated rings. The summed E-state index contributed by atoms with van der Waals surface area (Å²) in [6, 6.07) is 16.8. The van der Waals surface area contributed by atoms with Gasteiger partial charge in [-0.2, -0.15) is 13.2 Å². The van der Waals surface area contributed by atoms with Gasteiger partial charge in [0.25, 0.3) is 0 Å². The van der Waals surface area contributed by atoms with Crippen molar-refractivity contribution in [3.05, 3.63) is 54.7 Å². The van der Waals surface area contributed by atoms with Crippen LogP contribution < -0.4 is 0 Å². The van der Waals surface area contributed by atoms with E-state index in [1.165, 1.54) is 0 Å². The first kappa shape index (κ1) is 28.4. The maximum Gasteiger partial charge on any atom is 0.485 e. The van der Waals surface area contributed by atoms with Gasteiger partial charge in [0, 0.05) is 40.5 Å². The molecule has 1 heterocycles. The first-order valence-electron chi connectivity index (χ1n) is 6.01. The normalized spacial score (nSPS) is 9.60. The molecule has 0 aliphatic heterocycles. The third-order valence-corrected chi connectivity index (χ3v) is 2.50. The van der Waals surface area contributed by atoms with E-state index < -0.39 is 15.6 Å². The number of pyridine rings is 1. The summed E-state index contributed by atoms with van der Waals surface area (Å²) in [5.41, 5.74) is -3.64. The van der Waals surface area contributed by atoms with Crippen LogP contribution >= 0.6 is 0 Å². The van der Waals surface area contributed by atoms with Crippen molar-refractivity contribution in [3.8, 4) is 11.3 Å². The van der Waals surface area contributed by atoms with Crippen molar-refractivity contribution in [1.29, 1.82) is 0 Å². The van der Waals surface area contributed by atoms with E-state index in [4.69, 9.17) is 23.2 Å². The van der Waals surface area contributed by atoms with Gasteiger partial charge in [0.2, 0.25) is 0 Å². The number of aliphatic hydroxyl groups is 2. The minimum atomic E-state index is -6.09. The number of aromatic nitrogens is 1. The van der Waals surface area contributed by atoms with E-state index in [-0.39, 0.29) is 20.1 Å². The second kappa shape index (κ2) is 14.9. The third kappa shape index (κ3) is 12.6. The molecule has 6 nitrogen and oxygen atoms in total. The molecule has 145 valence electrons. The summed E-state index contributed by atoms with van der Waals surface area (Å²) in [4.78, 5) is 4.22. The second-order valence-electron chi connectivity index (χ2n) is 3.39. The van der Waals surface area contributed by atoms with Crippen LogP contribution in [0.1, 0.15) is 0 Å². The topological polar surface area (TPSA) is 111 Å². The molecule has 0 saturated carbocycles. The molecular weight excluding hydrogens is 543 g/mol. The van der Waals surface area contributed by atoms with Crippen molar-refractivity contribution in [2.75, 3.05) is 14.2 Å². The molecule has 0 spiro atoms. The van der Waals surface area contributed by atoms with Crippen LogP contribution in [0.3, 0.4) is 0 Å². The molecule has 25 heavy (non-hydrogen) atoms. The molecule has 0 amide bonds.